The van der Waals surface area contributed by atoms with Crippen molar-refractivity contribution < 1.29 is 60.7 Å². The summed E-state index contributed by atoms with van der Waals surface area (Å²) in [4.78, 5) is 50.6. The van der Waals surface area contributed by atoms with Crippen molar-refractivity contribution in [2.45, 2.75) is 75.9 Å². The van der Waals surface area contributed by atoms with E-state index in [-0.39, 0.29) is 22.6 Å². The Morgan fingerprint density at radius 2 is 1.84 bits per heavy atom. The van der Waals surface area contributed by atoms with Crippen LogP contribution in [0.2, 0.25) is 0 Å². The Bertz CT molecular complexity index is 946. The van der Waals surface area contributed by atoms with Crippen LogP contribution in [0.5, 0.6) is 0 Å². The van der Waals surface area contributed by atoms with Crippen molar-refractivity contribution in [2.75, 3.05) is 19.1 Å². The summed E-state index contributed by atoms with van der Waals surface area (Å²) in [7, 11) is -13.4. The van der Waals surface area contributed by atoms with E-state index in [1.54, 1.807) is 6.92 Å². The van der Waals surface area contributed by atoms with E-state index in [1.165, 1.54) is 21.6 Å². The van der Waals surface area contributed by atoms with Gasteiger partial charge >= 0.3 is 23.5 Å². The van der Waals surface area contributed by atoms with Gasteiger partial charge in [-0.15, -0.1) is 0 Å². The van der Waals surface area contributed by atoms with E-state index >= 15 is 0 Å². The Balaban J connectivity index is 2.44. The standard InChI is InChI=1S/C16H32N3O13P3S2/c1-12-9-14(15(30-12)10-29-34(24,25)32-35(26,27)31-33(21,22)23)28-11-36-37-16(2,3)7-6-13(20)5-4-8-18-19-17/h12,14-15H,4-11H2,1-3H3,(H,24,25)(H,26,27)(H2,21,22,23)/t12-,14?,15+/m0/s1. The third-order valence-corrected chi connectivity index (χ3v) is 11.4. The molecule has 0 radical (unpaired) electrons. The van der Waals surface area contributed by atoms with E-state index in [0.29, 0.717) is 38.6 Å². The zero-order valence-electron chi connectivity index (χ0n) is 20.4. The number of nitrogens with zero attached hydrogens (tertiary/aromatic N) is 3. The highest BCUT2D eigenvalue weighted by atomic mass is 33.1. The fourth-order valence-corrected chi connectivity index (χ4v) is 8.34. The highest BCUT2D eigenvalue weighted by molar-refractivity contribution is 8.77. The monoisotopic (exact) mass is 631 g/mol. The van der Waals surface area contributed by atoms with Crippen molar-refractivity contribution in [2.24, 2.45) is 5.11 Å². The van der Waals surface area contributed by atoms with Gasteiger partial charge in [0, 0.05) is 35.5 Å². The molecule has 0 aliphatic carbocycles. The number of ether oxygens (including phenoxy) is 2. The molecule has 0 aromatic carbocycles. The number of hydrogen-bond donors (Lipinski definition) is 4. The second-order valence-corrected chi connectivity index (χ2v) is 15.9. The fourth-order valence-electron chi connectivity index (χ4n) is 3.01. The molecule has 1 saturated heterocycles. The van der Waals surface area contributed by atoms with Gasteiger partial charge in [-0.2, -0.15) is 8.62 Å². The van der Waals surface area contributed by atoms with Crippen LogP contribution >= 0.6 is 45.1 Å². The Morgan fingerprint density at radius 1 is 1.16 bits per heavy atom. The topological polar surface area (TPSA) is 244 Å². The van der Waals surface area contributed by atoms with Crippen LogP contribution in [-0.2, 0) is 41.1 Å². The minimum Gasteiger partial charge on any atom is -0.370 e. The van der Waals surface area contributed by atoms with E-state index < -0.39 is 42.3 Å². The summed E-state index contributed by atoms with van der Waals surface area (Å²) in [5.74, 6) is 0.319. The van der Waals surface area contributed by atoms with Crippen molar-refractivity contribution in [1.29, 1.82) is 0 Å². The van der Waals surface area contributed by atoms with Gasteiger partial charge in [0.2, 0.25) is 0 Å². The number of phosphoric acid groups is 3. The van der Waals surface area contributed by atoms with Crippen LogP contribution in [0.4, 0.5) is 0 Å². The molecule has 21 heteroatoms. The third-order valence-electron chi connectivity index (χ3n) is 4.60. The molecule has 5 atom stereocenters. The molecule has 0 amide bonds. The molecule has 1 fully saturated rings. The molecule has 1 aliphatic heterocycles. The summed E-state index contributed by atoms with van der Waals surface area (Å²) in [6.07, 6.45) is 0.688. The molecule has 0 spiro atoms. The molecule has 1 aliphatic rings. The van der Waals surface area contributed by atoms with Gasteiger partial charge in [0.1, 0.15) is 17.8 Å². The van der Waals surface area contributed by atoms with Gasteiger partial charge in [-0.05, 0) is 39.1 Å². The quantitative estimate of drug-likeness (QED) is 0.0292. The maximum atomic E-state index is 12.0. The molecular formula is C16H32N3O13P3S2. The van der Waals surface area contributed by atoms with Gasteiger partial charge in [0.05, 0.1) is 18.8 Å². The Labute approximate surface area is 222 Å². The van der Waals surface area contributed by atoms with Gasteiger partial charge in [-0.3, -0.25) is 9.32 Å². The zero-order valence-corrected chi connectivity index (χ0v) is 24.7. The van der Waals surface area contributed by atoms with Crippen molar-refractivity contribution in [1.82, 2.24) is 0 Å². The van der Waals surface area contributed by atoms with Crippen LogP contribution in [0.15, 0.2) is 5.11 Å². The summed E-state index contributed by atoms with van der Waals surface area (Å²) in [5.41, 5.74) is 8.24. The number of phosphoric ester groups is 1. The fraction of sp³-hybridized carbons (Fsp3) is 0.938. The second-order valence-electron chi connectivity index (χ2n) is 8.49. The summed E-state index contributed by atoms with van der Waals surface area (Å²) in [6.45, 7) is 5.44. The molecule has 0 aromatic heterocycles. The number of azide groups is 1. The largest absolute Gasteiger partial charge is 0.490 e. The molecule has 0 bridgehead atoms. The lowest BCUT2D eigenvalue weighted by Gasteiger charge is -2.24. The maximum Gasteiger partial charge on any atom is 0.490 e. The first-order valence-electron chi connectivity index (χ1n) is 10.8. The van der Waals surface area contributed by atoms with E-state index in [2.05, 4.69) is 23.2 Å². The lowest BCUT2D eigenvalue weighted by atomic mass is 10.0. The van der Waals surface area contributed by atoms with Gasteiger partial charge in [0.15, 0.2) is 0 Å². The first-order chi connectivity index (χ1) is 16.9. The molecule has 1 heterocycles. The van der Waals surface area contributed by atoms with Gasteiger partial charge in [-0.25, -0.2) is 13.7 Å². The lowest BCUT2D eigenvalue weighted by Crippen LogP contribution is -2.29. The average Bonchev–Trinajstić information content (AvgIpc) is 3.08. The summed E-state index contributed by atoms with van der Waals surface area (Å²) < 4.78 is 57.2. The summed E-state index contributed by atoms with van der Waals surface area (Å²) in [5, 5.41) is 3.40. The number of ketones is 1. The predicted octanol–water partition coefficient (Wildman–Crippen LogP) is 4.45. The second kappa shape index (κ2) is 15.7. The molecular weight excluding hydrogens is 599 g/mol. The van der Waals surface area contributed by atoms with Crippen molar-refractivity contribution in [3.63, 3.8) is 0 Å². The molecule has 37 heavy (non-hydrogen) atoms. The van der Waals surface area contributed by atoms with Gasteiger partial charge in [-0.1, -0.05) is 26.7 Å². The lowest BCUT2D eigenvalue weighted by molar-refractivity contribution is -0.119. The number of hydrogen-bond acceptors (Lipinski definition) is 12. The highest BCUT2D eigenvalue weighted by Crippen LogP contribution is 2.66. The van der Waals surface area contributed by atoms with Crippen LogP contribution in [-0.4, -0.2) is 67.5 Å². The molecule has 1 rings (SSSR count). The van der Waals surface area contributed by atoms with E-state index in [0.717, 1.165) is 0 Å². The van der Waals surface area contributed by atoms with Crippen molar-refractivity contribution in [3.8, 4) is 0 Å². The van der Waals surface area contributed by atoms with Crippen molar-refractivity contribution >= 4 is 50.8 Å². The molecule has 0 aromatic rings. The van der Waals surface area contributed by atoms with Crippen LogP contribution < -0.4 is 0 Å². The molecule has 216 valence electrons. The Morgan fingerprint density at radius 3 is 2.46 bits per heavy atom. The van der Waals surface area contributed by atoms with Crippen LogP contribution in [0.1, 0.15) is 52.9 Å². The minimum atomic E-state index is -5.60. The third kappa shape index (κ3) is 16.7. The first-order valence-corrected chi connectivity index (χ1v) is 17.7. The number of carbonyl (C=O) groups is 1. The minimum absolute atomic E-state index is 0.0963. The van der Waals surface area contributed by atoms with E-state index in [1.807, 2.05) is 13.8 Å². The first kappa shape index (κ1) is 35.0. The highest BCUT2D eigenvalue weighted by Gasteiger charge is 2.42. The molecule has 16 nitrogen and oxygen atoms in total. The van der Waals surface area contributed by atoms with Crippen LogP contribution in [0.3, 0.4) is 0 Å². The predicted molar refractivity (Wildman–Crippen MR) is 135 cm³/mol. The smallest absolute Gasteiger partial charge is 0.370 e. The molecule has 3 unspecified atom stereocenters. The normalized spacial score (nSPS) is 23.7. The number of rotatable bonds is 19. The number of Topliss-reactive ketones (excluding diaryl/α,β-unsaturated/α-hetero) is 1. The Kier molecular flexibility index (Phi) is 14.9. The number of carbonyl (C=O) groups excluding carboxylic acids is 1. The van der Waals surface area contributed by atoms with E-state index in [9.17, 15) is 28.3 Å². The van der Waals surface area contributed by atoms with Crippen LogP contribution in [0.25, 0.3) is 10.4 Å². The SMILES string of the molecule is C[C@H]1CC(OCSSC(C)(C)CCC(=O)CCCN=[N+]=[N-])[C@@H](COP(=O)(O)OP(=O)(O)OP(=O)(O)O)O1. The van der Waals surface area contributed by atoms with Gasteiger partial charge < -0.3 is 29.0 Å². The summed E-state index contributed by atoms with van der Waals surface area (Å²) in [6, 6.07) is 0. The van der Waals surface area contributed by atoms with Gasteiger partial charge in [0.25, 0.3) is 0 Å². The molecule has 4 N–H and O–H groups in total. The summed E-state index contributed by atoms with van der Waals surface area (Å²) >= 11 is 0. The zero-order chi connectivity index (χ0) is 28.3. The van der Waals surface area contributed by atoms with E-state index in [4.69, 9.17) is 24.8 Å². The maximum absolute atomic E-state index is 12.0. The van der Waals surface area contributed by atoms with Crippen LogP contribution in [0, 0.1) is 0 Å². The molecule has 0 saturated carbocycles. The average molecular weight is 631 g/mol. The Hall–Kier alpha value is 0.01000. The van der Waals surface area contributed by atoms with Crippen molar-refractivity contribution in [3.05, 3.63) is 10.4 Å².